The first-order chi connectivity index (χ1) is 7.77. The number of nitrogens with zero attached hydrogens (tertiary/aromatic N) is 11. The highest BCUT2D eigenvalue weighted by Crippen LogP contribution is 2.29. The van der Waals surface area contributed by atoms with Gasteiger partial charge in [0.25, 0.3) is 0 Å². The van der Waals surface area contributed by atoms with Crippen molar-refractivity contribution >= 4 is 17.2 Å². The second-order valence-corrected chi connectivity index (χ2v) is 2.67. The van der Waals surface area contributed by atoms with Gasteiger partial charge in [-0.1, -0.05) is 5.11 Å². The van der Waals surface area contributed by atoms with Gasteiger partial charge in [0.15, 0.2) is 5.82 Å². The van der Waals surface area contributed by atoms with E-state index in [4.69, 9.17) is 11.1 Å². The fourth-order valence-corrected chi connectivity index (χ4v) is 1.13. The van der Waals surface area contributed by atoms with Crippen molar-refractivity contribution in [3.8, 4) is 0 Å². The summed E-state index contributed by atoms with van der Waals surface area (Å²) in [6, 6.07) is 0. The van der Waals surface area contributed by atoms with Crippen LogP contribution in [-0.4, -0.2) is 25.3 Å². The van der Waals surface area contributed by atoms with Crippen molar-refractivity contribution in [2.45, 2.75) is 6.92 Å². The van der Waals surface area contributed by atoms with Gasteiger partial charge < -0.3 is 0 Å². The van der Waals surface area contributed by atoms with E-state index in [2.05, 4.69) is 40.7 Å². The first kappa shape index (κ1) is 9.65. The van der Waals surface area contributed by atoms with Crippen LogP contribution in [0.5, 0.6) is 0 Å². The van der Waals surface area contributed by atoms with Crippen LogP contribution >= 0.6 is 0 Å². The maximum absolute atomic E-state index is 8.42. The van der Waals surface area contributed by atoms with Crippen molar-refractivity contribution in [2.24, 2.45) is 10.2 Å². The molecule has 2 rings (SSSR count). The zero-order valence-corrected chi connectivity index (χ0v) is 7.92. The summed E-state index contributed by atoms with van der Waals surface area (Å²) in [4.78, 5) is 5.26. The Hall–Kier alpha value is -2.90. The first-order valence-corrected chi connectivity index (χ1v) is 3.97. The average molecular weight is 217 g/mol. The van der Waals surface area contributed by atoms with Crippen LogP contribution in [0.15, 0.2) is 10.2 Å². The average Bonchev–Trinajstić information content (AvgIpc) is 2.72. The molecule has 0 aliphatic heterocycles. The molecule has 0 saturated heterocycles. The van der Waals surface area contributed by atoms with Crippen LogP contribution in [0.25, 0.3) is 26.5 Å². The highest BCUT2D eigenvalue weighted by molar-refractivity contribution is 5.70. The van der Waals surface area contributed by atoms with E-state index in [1.807, 2.05) is 0 Å². The molecule has 0 atom stereocenters. The van der Waals surface area contributed by atoms with Crippen LogP contribution < -0.4 is 0 Å². The molecule has 2 aromatic heterocycles. The van der Waals surface area contributed by atoms with Gasteiger partial charge in [-0.25, -0.2) is 0 Å². The number of rotatable bonds is 2. The maximum Gasteiger partial charge on any atom is 0.209 e. The summed E-state index contributed by atoms with van der Waals surface area (Å²) in [5, 5.41) is 21.2. The standard InChI is InChI=1S/C5H3N11/c1-2-3(8-12-6)5-10-14-15-16(5)11-4(2)9-13-7/h1H3. The third-order valence-corrected chi connectivity index (χ3v) is 1.83. The van der Waals surface area contributed by atoms with Crippen LogP contribution in [0.4, 0.5) is 11.5 Å². The maximum atomic E-state index is 8.42. The molecule has 0 amide bonds. The van der Waals surface area contributed by atoms with Crippen LogP contribution in [0, 0.1) is 6.92 Å². The van der Waals surface area contributed by atoms with E-state index >= 15 is 0 Å². The highest BCUT2D eigenvalue weighted by atomic mass is 15.6. The molecule has 16 heavy (non-hydrogen) atoms. The van der Waals surface area contributed by atoms with Gasteiger partial charge in [-0.15, -0.1) is 14.8 Å². The van der Waals surface area contributed by atoms with Crippen molar-refractivity contribution in [1.82, 2.24) is 25.3 Å². The molecule has 0 N–H and O–H groups in total. The summed E-state index contributed by atoms with van der Waals surface area (Å²) in [7, 11) is 0. The van der Waals surface area contributed by atoms with Crippen molar-refractivity contribution in [3.63, 3.8) is 0 Å². The summed E-state index contributed by atoms with van der Waals surface area (Å²) in [6.07, 6.45) is 0. The zero-order chi connectivity index (χ0) is 11.5. The molecular weight excluding hydrogens is 214 g/mol. The van der Waals surface area contributed by atoms with Gasteiger partial charge in [0, 0.05) is 9.82 Å². The molecule has 11 nitrogen and oxygen atoms in total. The lowest BCUT2D eigenvalue weighted by Gasteiger charge is -2.01. The zero-order valence-electron chi connectivity index (χ0n) is 7.92. The molecule has 0 aliphatic rings. The summed E-state index contributed by atoms with van der Waals surface area (Å²) >= 11 is 0. The summed E-state index contributed by atoms with van der Waals surface area (Å²) in [5.74, 6) is 0.0599. The molecule has 2 heterocycles. The van der Waals surface area contributed by atoms with Gasteiger partial charge in [-0.3, -0.25) is 0 Å². The largest absolute Gasteiger partial charge is 0.209 e. The van der Waals surface area contributed by atoms with Gasteiger partial charge in [0.2, 0.25) is 5.65 Å². The Morgan fingerprint density at radius 3 is 2.69 bits per heavy atom. The molecule has 0 radical (unpaired) electrons. The van der Waals surface area contributed by atoms with Crippen molar-refractivity contribution in [3.05, 3.63) is 26.4 Å². The Morgan fingerprint density at radius 2 is 2.00 bits per heavy atom. The second kappa shape index (κ2) is 3.69. The lowest BCUT2D eigenvalue weighted by atomic mass is 10.2. The molecule has 0 unspecified atom stereocenters. The molecule has 0 aromatic carbocycles. The topological polar surface area (TPSA) is 153 Å². The molecule has 0 bridgehead atoms. The molecule has 2 aromatic rings. The lowest BCUT2D eigenvalue weighted by molar-refractivity contribution is 0.732. The van der Waals surface area contributed by atoms with E-state index in [1.54, 1.807) is 6.92 Å². The van der Waals surface area contributed by atoms with Gasteiger partial charge >= 0.3 is 0 Å². The summed E-state index contributed by atoms with van der Waals surface area (Å²) < 4.78 is 1.03. The van der Waals surface area contributed by atoms with E-state index in [9.17, 15) is 0 Å². The van der Waals surface area contributed by atoms with Gasteiger partial charge in [0.05, 0.1) is 5.69 Å². The van der Waals surface area contributed by atoms with E-state index in [-0.39, 0.29) is 17.2 Å². The third-order valence-electron chi connectivity index (χ3n) is 1.83. The number of fused-ring (bicyclic) bond motifs is 1. The second-order valence-electron chi connectivity index (χ2n) is 2.67. The van der Waals surface area contributed by atoms with Gasteiger partial charge in [-0.2, -0.15) is 0 Å². The molecule has 11 heteroatoms. The minimum Gasteiger partial charge on any atom is -0.145 e. The monoisotopic (exact) mass is 217 g/mol. The predicted molar refractivity (Wildman–Crippen MR) is 50.9 cm³/mol. The normalized spacial score (nSPS) is 9.56. The van der Waals surface area contributed by atoms with Gasteiger partial charge in [-0.05, 0) is 39.1 Å². The molecular formula is C5H3N11. The number of hydrogen-bond donors (Lipinski definition) is 0. The first-order valence-electron chi connectivity index (χ1n) is 3.97. The molecule has 0 aliphatic carbocycles. The number of azide groups is 2. The van der Waals surface area contributed by atoms with Crippen molar-refractivity contribution < 1.29 is 0 Å². The number of hydrogen-bond acceptors (Lipinski definition) is 6. The molecule has 0 saturated carbocycles. The lowest BCUT2D eigenvalue weighted by Crippen LogP contribution is -1.96. The van der Waals surface area contributed by atoms with Crippen LogP contribution in [0.2, 0.25) is 0 Å². The summed E-state index contributed by atoms with van der Waals surface area (Å²) in [5.41, 5.74) is 17.6. The Labute approximate surface area is 86.9 Å². The molecule has 0 fully saturated rings. The SMILES string of the molecule is Cc1c(N=[N+]=[N-])nn2nnnc2c1N=[N+]=[N-]. The quantitative estimate of drug-likeness (QED) is 0.426. The highest BCUT2D eigenvalue weighted by Gasteiger charge is 2.12. The fourth-order valence-electron chi connectivity index (χ4n) is 1.13. The predicted octanol–water partition coefficient (Wildman–Crippen LogP) is 1.71. The van der Waals surface area contributed by atoms with Gasteiger partial charge in [0.1, 0.15) is 0 Å². The molecule has 78 valence electrons. The van der Waals surface area contributed by atoms with Crippen molar-refractivity contribution in [2.75, 3.05) is 0 Å². The third kappa shape index (κ3) is 1.34. The van der Waals surface area contributed by atoms with E-state index < -0.39 is 0 Å². The van der Waals surface area contributed by atoms with E-state index in [0.29, 0.717) is 5.56 Å². The minimum atomic E-state index is 0.0599. The summed E-state index contributed by atoms with van der Waals surface area (Å²) in [6.45, 7) is 1.59. The smallest absolute Gasteiger partial charge is 0.145 e. The molecule has 0 spiro atoms. The Morgan fingerprint density at radius 1 is 1.25 bits per heavy atom. The minimum absolute atomic E-state index is 0.0599. The van der Waals surface area contributed by atoms with E-state index in [1.165, 1.54) is 0 Å². The van der Waals surface area contributed by atoms with Crippen LogP contribution in [0.1, 0.15) is 5.56 Å². The van der Waals surface area contributed by atoms with E-state index in [0.717, 1.165) is 4.63 Å². The Balaban J connectivity index is 2.91. The fraction of sp³-hybridized carbons (Fsp3) is 0.200. The van der Waals surface area contributed by atoms with Crippen LogP contribution in [-0.2, 0) is 0 Å². The van der Waals surface area contributed by atoms with Crippen LogP contribution in [0.3, 0.4) is 0 Å². The number of tetrazole rings is 1. The number of aromatic nitrogens is 5. The Kier molecular flexibility index (Phi) is 2.22. The Bertz CT molecular complexity index is 640. The van der Waals surface area contributed by atoms with Crippen molar-refractivity contribution in [1.29, 1.82) is 0 Å².